The van der Waals surface area contributed by atoms with Gasteiger partial charge in [0.1, 0.15) is 1.41 Å². The molecule has 0 amide bonds. The van der Waals surface area contributed by atoms with Gasteiger partial charge >= 0.3 is 0 Å². The van der Waals surface area contributed by atoms with Gasteiger partial charge in [-0.05, 0) is 25.4 Å². The number of hydrogen-bond acceptors (Lipinski definition) is 1. The molecule has 9 heavy (non-hydrogen) atoms. The first-order chi connectivity index (χ1) is 4.68. The van der Waals surface area contributed by atoms with E-state index in [9.17, 15) is 8.78 Å². The van der Waals surface area contributed by atoms with E-state index in [-0.39, 0.29) is 12.3 Å². The van der Waals surface area contributed by atoms with Gasteiger partial charge in [-0.1, -0.05) is 0 Å². The molecule has 1 saturated heterocycles. The van der Waals surface area contributed by atoms with E-state index in [0.29, 0.717) is 13.1 Å². The molecule has 1 N–H and O–H groups in total. The number of hydrogen-bond donors (Lipinski definition) is 1. The lowest BCUT2D eigenvalue weighted by molar-refractivity contribution is 0.118. The summed E-state index contributed by atoms with van der Waals surface area (Å²) in [4.78, 5) is 0. The summed E-state index contributed by atoms with van der Waals surface area (Å²) in [5.74, 6) is 0.0532. The minimum atomic E-state index is -2.20. The van der Waals surface area contributed by atoms with Crippen LogP contribution in [-0.2, 0) is 0 Å². The Morgan fingerprint density at radius 3 is 3.00 bits per heavy atom. The van der Waals surface area contributed by atoms with Gasteiger partial charge in [0.15, 0.2) is 0 Å². The Labute approximate surface area is 54.9 Å². The Morgan fingerprint density at radius 1 is 1.78 bits per heavy atom. The molecule has 0 aromatic rings. The first-order valence-corrected chi connectivity index (χ1v) is 3.20. The quantitative estimate of drug-likeness (QED) is 0.602. The van der Waals surface area contributed by atoms with Crippen molar-refractivity contribution in [3.63, 3.8) is 0 Å². The lowest BCUT2D eigenvalue weighted by Crippen LogP contribution is -2.11. The van der Waals surface area contributed by atoms with E-state index in [4.69, 9.17) is 1.41 Å². The number of rotatable bonds is 2. The summed E-state index contributed by atoms with van der Waals surface area (Å²) in [5.41, 5.74) is 0. The Kier molecular flexibility index (Phi) is 1.93. The second-order valence-electron chi connectivity index (χ2n) is 2.41. The monoisotopic (exact) mass is 136 g/mol. The highest BCUT2D eigenvalue weighted by Crippen LogP contribution is 2.16. The summed E-state index contributed by atoms with van der Waals surface area (Å²) in [6, 6.07) is 0. The summed E-state index contributed by atoms with van der Waals surface area (Å²) in [7, 11) is 0. The zero-order chi connectivity index (χ0) is 7.56. The van der Waals surface area contributed by atoms with Gasteiger partial charge in [-0.3, -0.25) is 0 Å². The molecule has 54 valence electrons. The van der Waals surface area contributed by atoms with Crippen LogP contribution in [-0.4, -0.2) is 19.5 Å². The second kappa shape index (κ2) is 3.11. The Balaban J connectivity index is 2.18. The lowest BCUT2D eigenvalue weighted by Gasteiger charge is -2.04. The highest BCUT2D eigenvalue weighted by Gasteiger charge is 2.18. The zero-order valence-electron chi connectivity index (χ0n) is 6.19. The Morgan fingerprint density at radius 2 is 2.56 bits per heavy atom. The van der Waals surface area contributed by atoms with E-state index in [0.717, 1.165) is 6.42 Å². The molecule has 0 unspecified atom stereocenters. The van der Waals surface area contributed by atoms with Gasteiger partial charge in [0.05, 0.1) is 0 Å². The van der Waals surface area contributed by atoms with E-state index in [1.807, 2.05) is 0 Å². The molecule has 0 radical (unpaired) electrons. The highest BCUT2D eigenvalue weighted by molar-refractivity contribution is 4.71. The van der Waals surface area contributed by atoms with Crippen LogP contribution < -0.4 is 5.31 Å². The van der Waals surface area contributed by atoms with Gasteiger partial charge in [0.2, 0.25) is 6.43 Å². The fraction of sp³-hybridized carbons (Fsp3) is 1.00. The summed E-state index contributed by atoms with van der Waals surface area (Å²) >= 11 is 0. The SMILES string of the molecule is [2H]N1CC[C@H](CC(F)F)C1. The van der Waals surface area contributed by atoms with Crippen LogP contribution in [0.1, 0.15) is 12.8 Å². The molecule has 0 spiro atoms. The average Bonchev–Trinajstić information content (AvgIpc) is 2.13. The van der Waals surface area contributed by atoms with Gasteiger partial charge < -0.3 is 5.31 Å². The van der Waals surface area contributed by atoms with Crippen molar-refractivity contribution in [2.75, 3.05) is 13.1 Å². The molecule has 0 aliphatic carbocycles. The van der Waals surface area contributed by atoms with Gasteiger partial charge in [0, 0.05) is 6.42 Å². The third-order valence-electron chi connectivity index (χ3n) is 1.59. The number of halogens is 2. The van der Waals surface area contributed by atoms with Crippen molar-refractivity contribution in [2.24, 2.45) is 5.92 Å². The van der Waals surface area contributed by atoms with Gasteiger partial charge in [-0.2, -0.15) is 0 Å². The maximum Gasteiger partial charge on any atom is 0.238 e. The van der Waals surface area contributed by atoms with Crippen molar-refractivity contribution in [2.45, 2.75) is 19.3 Å². The maximum atomic E-state index is 11.7. The normalized spacial score (nSPS) is 31.4. The molecule has 0 bridgehead atoms. The minimum absolute atomic E-state index is 0.0324. The van der Waals surface area contributed by atoms with Crippen molar-refractivity contribution in [3.05, 3.63) is 0 Å². The van der Waals surface area contributed by atoms with Crippen LogP contribution in [0.5, 0.6) is 0 Å². The summed E-state index contributed by atoms with van der Waals surface area (Å²) in [6.07, 6.45) is -1.47. The molecule has 1 fully saturated rings. The van der Waals surface area contributed by atoms with Gasteiger partial charge in [-0.25, -0.2) is 8.78 Å². The van der Waals surface area contributed by atoms with Crippen molar-refractivity contribution >= 4 is 0 Å². The van der Waals surface area contributed by atoms with Crippen LogP contribution in [0.4, 0.5) is 8.78 Å². The summed E-state index contributed by atoms with van der Waals surface area (Å²) in [6.45, 7) is 1.17. The van der Waals surface area contributed by atoms with Crippen LogP contribution in [0.2, 0.25) is 1.41 Å². The predicted molar refractivity (Wildman–Crippen MR) is 31.6 cm³/mol. The minimum Gasteiger partial charge on any atom is -0.316 e. The third kappa shape index (κ3) is 2.26. The largest absolute Gasteiger partial charge is 0.316 e. The Hall–Kier alpha value is -0.180. The van der Waals surface area contributed by atoms with Crippen molar-refractivity contribution in [1.82, 2.24) is 5.31 Å². The standard InChI is InChI=1S/C6H11F2N/c7-6(8)3-5-1-2-9-4-5/h5-6,9H,1-4H2/t5-/m1/s1/i/hD. The highest BCUT2D eigenvalue weighted by atomic mass is 19.3. The molecule has 1 aliphatic rings. The van der Waals surface area contributed by atoms with E-state index in [2.05, 4.69) is 0 Å². The fourth-order valence-electron chi connectivity index (χ4n) is 1.08. The first kappa shape index (κ1) is 5.59. The van der Waals surface area contributed by atoms with Crippen LogP contribution >= 0.6 is 0 Å². The molecule has 1 heterocycles. The summed E-state index contributed by atoms with van der Waals surface area (Å²) in [5, 5.41) is 1.35. The molecule has 1 atom stereocenters. The molecule has 0 saturated carbocycles. The van der Waals surface area contributed by atoms with Crippen LogP contribution in [0.3, 0.4) is 0 Å². The van der Waals surface area contributed by atoms with Crippen LogP contribution in [0, 0.1) is 5.92 Å². The number of nitrogens with one attached hydrogen (secondary N) is 1. The van der Waals surface area contributed by atoms with Gasteiger partial charge in [-0.15, -0.1) is 0 Å². The predicted octanol–water partition coefficient (Wildman–Crippen LogP) is 1.25. The van der Waals surface area contributed by atoms with Crippen molar-refractivity contribution < 1.29 is 10.2 Å². The number of alkyl halides is 2. The first-order valence-electron chi connectivity index (χ1n) is 3.65. The van der Waals surface area contributed by atoms with Crippen molar-refractivity contribution in [3.8, 4) is 0 Å². The smallest absolute Gasteiger partial charge is 0.238 e. The van der Waals surface area contributed by atoms with Gasteiger partial charge in [0.25, 0.3) is 0 Å². The molecular formula is C6H11F2N. The van der Waals surface area contributed by atoms with E-state index >= 15 is 0 Å². The molecule has 1 nitrogen and oxygen atoms in total. The fourth-order valence-corrected chi connectivity index (χ4v) is 1.08. The second-order valence-corrected chi connectivity index (χ2v) is 2.41. The molecular weight excluding hydrogens is 124 g/mol. The zero-order valence-corrected chi connectivity index (χ0v) is 5.19. The molecule has 1 aliphatic heterocycles. The maximum absolute atomic E-state index is 11.7. The topological polar surface area (TPSA) is 12.0 Å². The third-order valence-corrected chi connectivity index (χ3v) is 1.59. The molecule has 0 aromatic carbocycles. The van der Waals surface area contributed by atoms with Crippen molar-refractivity contribution in [1.29, 1.82) is 0 Å². The molecule has 3 heteroatoms. The van der Waals surface area contributed by atoms with E-state index < -0.39 is 6.43 Å². The lowest BCUT2D eigenvalue weighted by atomic mass is 10.1. The molecule has 0 aromatic heterocycles. The van der Waals surface area contributed by atoms with E-state index in [1.54, 1.807) is 0 Å². The Bertz CT molecular complexity index is 110. The summed E-state index contributed by atoms with van der Waals surface area (Å²) < 4.78 is 30.6. The average molecular weight is 136 g/mol. The van der Waals surface area contributed by atoms with E-state index in [1.165, 1.54) is 5.31 Å². The van der Waals surface area contributed by atoms with Crippen LogP contribution in [0.25, 0.3) is 0 Å². The van der Waals surface area contributed by atoms with Crippen LogP contribution in [0.15, 0.2) is 0 Å². The molecule has 1 rings (SSSR count).